The molecule has 0 spiro atoms. The molecule has 19 heavy (non-hydrogen) atoms. The van der Waals surface area contributed by atoms with E-state index in [0.29, 0.717) is 17.1 Å². The van der Waals surface area contributed by atoms with E-state index in [1.807, 2.05) is 18.4 Å². The first-order chi connectivity index (χ1) is 8.92. The van der Waals surface area contributed by atoms with Gasteiger partial charge in [-0.25, -0.2) is 13.1 Å². The highest BCUT2D eigenvalue weighted by Crippen LogP contribution is 2.23. The van der Waals surface area contributed by atoms with Crippen LogP contribution in [-0.2, 0) is 16.6 Å². The van der Waals surface area contributed by atoms with E-state index >= 15 is 0 Å². The van der Waals surface area contributed by atoms with Crippen LogP contribution in [0.1, 0.15) is 16.0 Å². The summed E-state index contributed by atoms with van der Waals surface area (Å²) in [6, 6.07) is 6.85. The first-order valence-electron chi connectivity index (χ1n) is 5.69. The van der Waals surface area contributed by atoms with Gasteiger partial charge in [0.2, 0.25) is 10.0 Å². The van der Waals surface area contributed by atoms with E-state index in [2.05, 4.69) is 4.72 Å². The highest BCUT2D eigenvalue weighted by Gasteiger charge is 2.18. The van der Waals surface area contributed by atoms with E-state index in [0.717, 1.165) is 10.4 Å². The van der Waals surface area contributed by atoms with Gasteiger partial charge in [-0.1, -0.05) is 17.7 Å². The molecule has 1 aromatic heterocycles. The van der Waals surface area contributed by atoms with Crippen molar-refractivity contribution in [1.82, 2.24) is 4.72 Å². The van der Waals surface area contributed by atoms with Crippen LogP contribution in [0.5, 0.6) is 0 Å². The number of rotatable bonds is 4. The van der Waals surface area contributed by atoms with Crippen molar-refractivity contribution >= 4 is 33.0 Å². The van der Waals surface area contributed by atoms with Gasteiger partial charge in [0.05, 0.1) is 4.90 Å². The molecular weight excluding hydrogens is 302 g/mol. The number of thiophene rings is 1. The van der Waals surface area contributed by atoms with Crippen molar-refractivity contribution in [3.05, 3.63) is 50.7 Å². The van der Waals surface area contributed by atoms with Gasteiger partial charge in [0.25, 0.3) is 0 Å². The molecule has 3 nitrogen and oxygen atoms in total. The van der Waals surface area contributed by atoms with Gasteiger partial charge < -0.3 is 0 Å². The van der Waals surface area contributed by atoms with Gasteiger partial charge in [-0.2, -0.15) is 0 Å². The SMILES string of the molecule is Cc1ccsc1CNS(=O)(=O)c1cccc(Cl)c1C. The number of hydrogen-bond donors (Lipinski definition) is 1. The van der Waals surface area contributed by atoms with Gasteiger partial charge in [-0.3, -0.25) is 0 Å². The summed E-state index contributed by atoms with van der Waals surface area (Å²) in [5.74, 6) is 0. The molecule has 1 aromatic carbocycles. The number of halogens is 1. The number of benzene rings is 1. The van der Waals surface area contributed by atoms with Crippen LogP contribution in [0.4, 0.5) is 0 Å². The van der Waals surface area contributed by atoms with Crippen molar-refractivity contribution in [3.8, 4) is 0 Å². The topological polar surface area (TPSA) is 46.2 Å². The quantitative estimate of drug-likeness (QED) is 0.938. The molecule has 0 aliphatic heterocycles. The van der Waals surface area contributed by atoms with Crippen molar-refractivity contribution < 1.29 is 8.42 Å². The Bertz CT molecular complexity index is 692. The molecule has 0 amide bonds. The predicted octanol–water partition coefficient (Wildman–Crippen LogP) is 3.50. The van der Waals surface area contributed by atoms with Gasteiger partial charge in [-0.05, 0) is 48.6 Å². The Morgan fingerprint density at radius 1 is 1.26 bits per heavy atom. The monoisotopic (exact) mass is 315 g/mol. The second-order valence-corrected chi connectivity index (χ2v) is 7.36. The highest BCUT2D eigenvalue weighted by atomic mass is 35.5. The van der Waals surface area contributed by atoms with Crippen molar-refractivity contribution in [2.24, 2.45) is 0 Å². The van der Waals surface area contributed by atoms with Crippen LogP contribution in [0.25, 0.3) is 0 Å². The number of hydrogen-bond acceptors (Lipinski definition) is 3. The number of sulfonamides is 1. The summed E-state index contributed by atoms with van der Waals surface area (Å²) in [6.45, 7) is 3.97. The van der Waals surface area contributed by atoms with Crippen molar-refractivity contribution in [2.75, 3.05) is 0 Å². The Morgan fingerprint density at radius 3 is 2.63 bits per heavy atom. The molecule has 0 saturated heterocycles. The van der Waals surface area contributed by atoms with E-state index < -0.39 is 10.0 Å². The maximum atomic E-state index is 12.2. The Hall–Kier alpha value is -0.880. The lowest BCUT2D eigenvalue weighted by atomic mass is 10.2. The van der Waals surface area contributed by atoms with Gasteiger partial charge in [-0.15, -0.1) is 11.3 Å². The minimum Gasteiger partial charge on any atom is -0.207 e. The van der Waals surface area contributed by atoms with Gasteiger partial charge in [0.1, 0.15) is 0 Å². The van der Waals surface area contributed by atoms with Crippen LogP contribution >= 0.6 is 22.9 Å². The smallest absolute Gasteiger partial charge is 0.207 e. The highest BCUT2D eigenvalue weighted by molar-refractivity contribution is 7.89. The second kappa shape index (κ2) is 5.63. The zero-order chi connectivity index (χ0) is 14.0. The molecule has 0 aliphatic rings. The summed E-state index contributed by atoms with van der Waals surface area (Å²) in [5, 5.41) is 2.40. The molecular formula is C13H14ClNO2S2. The van der Waals surface area contributed by atoms with Gasteiger partial charge in [0, 0.05) is 16.4 Å². The third-order valence-electron chi connectivity index (χ3n) is 2.90. The summed E-state index contributed by atoms with van der Waals surface area (Å²) in [6.07, 6.45) is 0. The average Bonchev–Trinajstić information content (AvgIpc) is 2.76. The molecule has 1 N–H and O–H groups in total. The molecule has 0 atom stereocenters. The largest absolute Gasteiger partial charge is 0.241 e. The van der Waals surface area contributed by atoms with Crippen LogP contribution in [-0.4, -0.2) is 8.42 Å². The first-order valence-corrected chi connectivity index (χ1v) is 8.43. The summed E-state index contributed by atoms with van der Waals surface area (Å²) in [7, 11) is -3.53. The van der Waals surface area contributed by atoms with Crippen molar-refractivity contribution in [1.29, 1.82) is 0 Å². The fourth-order valence-electron chi connectivity index (χ4n) is 1.70. The minimum atomic E-state index is -3.53. The molecule has 0 unspecified atom stereocenters. The maximum absolute atomic E-state index is 12.2. The molecule has 6 heteroatoms. The molecule has 0 bridgehead atoms. The average molecular weight is 316 g/mol. The Kier molecular flexibility index (Phi) is 4.30. The number of nitrogens with one attached hydrogen (secondary N) is 1. The molecule has 2 aromatic rings. The lowest BCUT2D eigenvalue weighted by Gasteiger charge is -2.10. The van der Waals surface area contributed by atoms with E-state index in [-0.39, 0.29) is 4.90 Å². The lowest BCUT2D eigenvalue weighted by molar-refractivity contribution is 0.581. The molecule has 0 fully saturated rings. The third kappa shape index (κ3) is 3.17. The van der Waals surface area contributed by atoms with Crippen molar-refractivity contribution in [3.63, 3.8) is 0 Å². The minimum absolute atomic E-state index is 0.231. The van der Waals surface area contributed by atoms with E-state index in [1.54, 1.807) is 25.1 Å². The zero-order valence-electron chi connectivity index (χ0n) is 10.6. The third-order valence-corrected chi connectivity index (χ3v) is 5.88. The molecule has 1 heterocycles. The van der Waals surface area contributed by atoms with Crippen LogP contribution in [0.15, 0.2) is 34.5 Å². The first kappa shape index (κ1) is 14.5. The molecule has 102 valence electrons. The van der Waals surface area contributed by atoms with Crippen LogP contribution in [0, 0.1) is 13.8 Å². The fraction of sp³-hybridized carbons (Fsp3) is 0.231. The van der Waals surface area contributed by atoms with Gasteiger partial charge in [0.15, 0.2) is 0 Å². The summed E-state index contributed by atoms with van der Waals surface area (Å²) >= 11 is 7.49. The van der Waals surface area contributed by atoms with E-state index in [9.17, 15) is 8.42 Å². The summed E-state index contributed by atoms with van der Waals surface area (Å²) in [5.41, 5.74) is 1.66. The standard InChI is InChI=1S/C13H14ClNO2S2/c1-9-6-7-18-12(9)8-15-19(16,17)13-5-3-4-11(14)10(13)2/h3-7,15H,8H2,1-2H3. The zero-order valence-corrected chi connectivity index (χ0v) is 13.0. The van der Waals surface area contributed by atoms with Crippen LogP contribution < -0.4 is 4.72 Å². The van der Waals surface area contributed by atoms with Crippen molar-refractivity contribution in [2.45, 2.75) is 25.3 Å². The van der Waals surface area contributed by atoms with E-state index in [4.69, 9.17) is 11.6 Å². The second-order valence-electron chi connectivity index (χ2n) is 4.21. The van der Waals surface area contributed by atoms with Gasteiger partial charge >= 0.3 is 0 Å². The Morgan fingerprint density at radius 2 is 2.00 bits per heavy atom. The number of aryl methyl sites for hydroxylation is 1. The Balaban J connectivity index is 2.24. The summed E-state index contributed by atoms with van der Waals surface area (Å²) < 4.78 is 27.1. The van der Waals surface area contributed by atoms with E-state index in [1.165, 1.54) is 11.3 Å². The fourth-order valence-corrected chi connectivity index (χ4v) is 4.13. The Labute approximate surface area is 122 Å². The predicted molar refractivity (Wildman–Crippen MR) is 79.3 cm³/mol. The van der Waals surface area contributed by atoms with Crippen LogP contribution in [0.3, 0.4) is 0 Å². The molecule has 2 rings (SSSR count). The molecule has 0 saturated carbocycles. The molecule has 0 radical (unpaired) electrons. The normalized spacial score (nSPS) is 11.7. The summed E-state index contributed by atoms with van der Waals surface area (Å²) in [4.78, 5) is 1.25. The molecule has 0 aliphatic carbocycles. The van der Waals surface area contributed by atoms with Crippen LogP contribution in [0.2, 0.25) is 5.02 Å². The lowest BCUT2D eigenvalue weighted by Crippen LogP contribution is -2.23. The maximum Gasteiger partial charge on any atom is 0.241 e.